The van der Waals surface area contributed by atoms with Crippen LogP contribution in [0.4, 0.5) is 0 Å². The van der Waals surface area contributed by atoms with Crippen molar-refractivity contribution in [3.05, 3.63) is 70.5 Å². The molecule has 0 amide bonds. The number of aliphatic hydroxyl groups is 1. The van der Waals surface area contributed by atoms with Gasteiger partial charge in [-0.05, 0) is 55.7 Å². The van der Waals surface area contributed by atoms with Gasteiger partial charge in [-0.25, -0.2) is 0 Å². The van der Waals surface area contributed by atoms with Gasteiger partial charge in [-0.15, -0.1) is 0 Å². The number of fused-ring (bicyclic) bond motifs is 1. The number of aryl methyl sites for hydroxylation is 3. The lowest BCUT2D eigenvalue weighted by Gasteiger charge is -2.14. The average Bonchev–Trinajstić information content (AvgIpc) is 2.81. The lowest BCUT2D eigenvalue weighted by molar-refractivity contribution is 0.191. The van der Waals surface area contributed by atoms with Crippen LogP contribution in [-0.4, -0.2) is 5.11 Å². The van der Waals surface area contributed by atoms with Crippen LogP contribution in [0, 0.1) is 20.8 Å². The van der Waals surface area contributed by atoms with E-state index in [0.29, 0.717) is 5.76 Å². The van der Waals surface area contributed by atoms with Crippen molar-refractivity contribution >= 4 is 11.0 Å². The quantitative estimate of drug-likeness (QED) is 0.744. The fraction of sp³-hybridized carbons (Fsp3) is 0.222. The molecule has 0 fully saturated rings. The maximum Gasteiger partial charge on any atom is 0.138 e. The van der Waals surface area contributed by atoms with Crippen LogP contribution in [0.1, 0.15) is 34.1 Å². The third kappa shape index (κ3) is 2.12. The molecule has 102 valence electrons. The molecule has 0 aliphatic heterocycles. The van der Waals surface area contributed by atoms with Crippen LogP contribution in [0.15, 0.2) is 46.9 Å². The molecule has 3 rings (SSSR count). The Morgan fingerprint density at radius 2 is 1.65 bits per heavy atom. The van der Waals surface area contributed by atoms with E-state index in [0.717, 1.165) is 27.7 Å². The summed E-state index contributed by atoms with van der Waals surface area (Å²) in [6.07, 6.45) is -0.719. The lowest BCUT2D eigenvalue weighted by atomic mass is 9.96. The molecule has 20 heavy (non-hydrogen) atoms. The molecule has 1 aromatic heterocycles. The molecule has 2 aromatic carbocycles. The molecule has 0 bridgehead atoms. The fourth-order valence-electron chi connectivity index (χ4n) is 2.72. The number of rotatable bonds is 2. The smallest absolute Gasteiger partial charge is 0.138 e. The van der Waals surface area contributed by atoms with Crippen LogP contribution in [0.2, 0.25) is 0 Å². The van der Waals surface area contributed by atoms with Crippen molar-refractivity contribution in [2.75, 3.05) is 0 Å². The Bertz CT molecular complexity index is 748. The highest BCUT2D eigenvalue weighted by Gasteiger charge is 2.19. The van der Waals surface area contributed by atoms with E-state index in [-0.39, 0.29) is 0 Å². The first-order valence-corrected chi connectivity index (χ1v) is 6.80. The van der Waals surface area contributed by atoms with Gasteiger partial charge in [0.05, 0.1) is 0 Å². The van der Waals surface area contributed by atoms with E-state index in [4.69, 9.17) is 4.42 Å². The Kier molecular flexibility index (Phi) is 3.11. The number of hydrogen-bond acceptors (Lipinski definition) is 2. The molecule has 1 heterocycles. The lowest BCUT2D eigenvalue weighted by Crippen LogP contribution is -2.03. The zero-order chi connectivity index (χ0) is 14.3. The van der Waals surface area contributed by atoms with E-state index in [9.17, 15) is 5.11 Å². The van der Waals surface area contributed by atoms with Crippen LogP contribution >= 0.6 is 0 Å². The van der Waals surface area contributed by atoms with Crippen molar-refractivity contribution in [3.63, 3.8) is 0 Å². The summed E-state index contributed by atoms with van der Waals surface area (Å²) in [6.45, 7) is 6.07. The zero-order valence-electron chi connectivity index (χ0n) is 12.0. The van der Waals surface area contributed by atoms with Crippen molar-refractivity contribution in [3.8, 4) is 0 Å². The maximum absolute atomic E-state index is 10.6. The zero-order valence-corrected chi connectivity index (χ0v) is 12.0. The molecule has 0 aliphatic rings. The number of hydrogen-bond donors (Lipinski definition) is 1. The van der Waals surface area contributed by atoms with Crippen LogP contribution in [0.5, 0.6) is 0 Å². The molecule has 2 heteroatoms. The fourth-order valence-corrected chi connectivity index (χ4v) is 2.72. The highest BCUT2D eigenvalue weighted by atomic mass is 16.4. The molecule has 0 radical (unpaired) electrons. The van der Waals surface area contributed by atoms with E-state index in [1.54, 1.807) is 0 Å². The summed E-state index contributed by atoms with van der Waals surface area (Å²) in [5.74, 6) is 0.600. The van der Waals surface area contributed by atoms with Crippen molar-refractivity contribution in [1.82, 2.24) is 0 Å². The van der Waals surface area contributed by atoms with Crippen LogP contribution in [0.3, 0.4) is 0 Å². The Morgan fingerprint density at radius 3 is 2.35 bits per heavy atom. The van der Waals surface area contributed by atoms with Crippen LogP contribution in [0.25, 0.3) is 11.0 Å². The molecule has 0 saturated heterocycles. The number of furan rings is 1. The highest BCUT2D eigenvalue weighted by molar-refractivity contribution is 5.78. The SMILES string of the molecule is Cc1ccc2oc(C(O)c3c(C)cccc3C)cc2c1. The molecular weight excluding hydrogens is 248 g/mol. The van der Waals surface area contributed by atoms with Gasteiger partial charge in [-0.3, -0.25) is 0 Å². The largest absolute Gasteiger partial charge is 0.458 e. The number of benzene rings is 2. The summed E-state index contributed by atoms with van der Waals surface area (Å²) in [6, 6.07) is 14.0. The summed E-state index contributed by atoms with van der Waals surface area (Å²) >= 11 is 0. The Labute approximate surface area is 118 Å². The summed E-state index contributed by atoms with van der Waals surface area (Å²) in [5.41, 5.74) is 5.09. The van der Waals surface area contributed by atoms with Gasteiger partial charge < -0.3 is 9.52 Å². The van der Waals surface area contributed by atoms with Gasteiger partial charge in [-0.1, -0.05) is 29.8 Å². The molecule has 1 N–H and O–H groups in total. The topological polar surface area (TPSA) is 33.4 Å². The first kappa shape index (κ1) is 12.9. The van der Waals surface area contributed by atoms with Crippen molar-refractivity contribution < 1.29 is 9.52 Å². The van der Waals surface area contributed by atoms with E-state index in [1.807, 2.05) is 57.2 Å². The minimum absolute atomic E-state index is 0.600. The van der Waals surface area contributed by atoms with Gasteiger partial charge in [0.25, 0.3) is 0 Å². The van der Waals surface area contributed by atoms with E-state index in [1.165, 1.54) is 5.56 Å². The first-order chi connectivity index (χ1) is 9.56. The van der Waals surface area contributed by atoms with Gasteiger partial charge in [0.2, 0.25) is 0 Å². The van der Waals surface area contributed by atoms with Crippen molar-refractivity contribution in [2.24, 2.45) is 0 Å². The molecule has 0 saturated carbocycles. The van der Waals surface area contributed by atoms with Gasteiger partial charge >= 0.3 is 0 Å². The Balaban J connectivity index is 2.10. The Hall–Kier alpha value is -2.06. The molecule has 1 atom stereocenters. The summed E-state index contributed by atoms with van der Waals surface area (Å²) in [5, 5.41) is 11.7. The highest BCUT2D eigenvalue weighted by Crippen LogP contribution is 2.31. The Morgan fingerprint density at radius 1 is 0.950 bits per heavy atom. The van der Waals surface area contributed by atoms with Gasteiger partial charge in [-0.2, -0.15) is 0 Å². The normalized spacial score (nSPS) is 12.8. The number of aliphatic hydroxyl groups excluding tert-OH is 1. The van der Waals surface area contributed by atoms with Crippen molar-refractivity contribution in [1.29, 1.82) is 0 Å². The summed E-state index contributed by atoms with van der Waals surface area (Å²) in [7, 11) is 0. The summed E-state index contributed by atoms with van der Waals surface area (Å²) < 4.78 is 5.80. The van der Waals surface area contributed by atoms with Gasteiger partial charge in [0, 0.05) is 5.39 Å². The molecule has 0 aliphatic carbocycles. The van der Waals surface area contributed by atoms with Crippen LogP contribution in [-0.2, 0) is 0 Å². The van der Waals surface area contributed by atoms with Crippen LogP contribution < -0.4 is 0 Å². The second kappa shape index (κ2) is 4.80. The standard InChI is InChI=1S/C18H18O2/c1-11-7-8-15-14(9-11)10-16(20-15)18(19)17-12(2)5-4-6-13(17)3/h4-10,18-19H,1-3H3. The van der Waals surface area contributed by atoms with E-state index >= 15 is 0 Å². The second-order valence-electron chi connectivity index (χ2n) is 5.40. The molecule has 3 aromatic rings. The third-order valence-corrected chi connectivity index (χ3v) is 3.78. The third-order valence-electron chi connectivity index (χ3n) is 3.78. The molecule has 1 unspecified atom stereocenters. The predicted molar refractivity (Wildman–Crippen MR) is 80.9 cm³/mol. The second-order valence-corrected chi connectivity index (χ2v) is 5.40. The predicted octanol–water partition coefficient (Wildman–Crippen LogP) is 4.44. The van der Waals surface area contributed by atoms with E-state index in [2.05, 4.69) is 6.07 Å². The minimum Gasteiger partial charge on any atom is -0.458 e. The first-order valence-electron chi connectivity index (χ1n) is 6.80. The minimum atomic E-state index is -0.719. The molecule has 2 nitrogen and oxygen atoms in total. The summed E-state index contributed by atoms with van der Waals surface area (Å²) in [4.78, 5) is 0. The monoisotopic (exact) mass is 266 g/mol. The van der Waals surface area contributed by atoms with Gasteiger partial charge in [0.15, 0.2) is 0 Å². The van der Waals surface area contributed by atoms with Gasteiger partial charge in [0.1, 0.15) is 17.4 Å². The van der Waals surface area contributed by atoms with E-state index < -0.39 is 6.10 Å². The molecular formula is C18H18O2. The average molecular weight is 266 g/mol. The van der Waals surface area contributed by atoms with Crippen molar-refractivity contribution in [2.45, 2.75) is 26.9 Å². The molecule has 0 spiro atoms. The maximum atomic E-state index is 10.6.